The molecule has 0 aliphatic heterocycles. The number of alkyl halides is 4. The standard InChI is InChI=1S/C11H11BrF3N/c12-10-3-1-2-7(10)8-6-16-5-4-9(8)11(13,14)15/h4-7,10H,1-3H2. The molecule has 1 aromatic heterocycles. The number of aromatic nitrogens is 1. The van der Waals surface area contributed by atoms with Crippen molar-refractivity contribution in [2.45, 2.75) is 36.2 Å². The highest BCUT2D eigenvalue weighted by Gasteiger charge is 2.38. The third-order valence-corrected chi connectivity index (χ3v) is 4.08. The van der Waals surface area contributed by atoms with E-state index in [-0.39, 0.29) is 10.7 Å². The highest BCUT2D eigenvalue weighted by Crippen LogP contribution is 2.43. The van der Waals surface area contributed by atoms with Crippen LogP contribution >= 0.6 is 15.9 Å². The molecular weight excluding hydrogens is 283 g/mol. The van der Waals surface area contributed by atoms with Gasteiger partial charge in [0.05, 0.1) is 5.56 Å². The smallest absolute Gasteiger partial charge is 0.264 e. The quantitative estimate of drug-likeness (QED) is 0.710. The Labute approximate surface area is 100 Å². The van der Waals surface area contributed by atoms with E-state index in [1.165, 1.54) is 12.4 Å². The molecule has 0 radical (unpaired) electrons. The first-order valence-electron chi connectivity index (χ1n) is 5.15. The molecule has 0 saturated heterocycles. The maximum atomic E-state index is 12.8. The van der Waals surface area contributed by atoms with E-state index in [0.29, 0.717) is 5.56 Å². The summed E-state index contributed by atoms with van der Waals surface area (Å²) in [6, 6.07) is 1.06. The van der Waals surface area contributed by atoms with E-state index in [9.17, 15) is 13.2 Å². The van der Waals surface area contributed by atoms with E-state index < -0.39 is 11.7 Å². The van der Waals surface area contributed by atoms with E-state index in [2.05, 4.69) is 20.9 Å². The number of nitrogens with zero attached hydrogens (tertiary/aromatic N) is 1. The number of rotatable bonds is 1. The molecule has 0 aromatic carbocycles. The van der Waals surface area contributed by atoms with Crippen LogP contribution in [-0.4, -0.2) is 9.81 Å². The highest BCUT2D eigenvalue weighted by molar-refractivity contribution is 9.09. The lowest BCUT2D eigenvalue weighted by Crippen LogP contribution is -2.14. The lowest BCUT2D eigenvalue weighted by molar-refractivity contribution is -0.138. The van der Waals surface area contributed by atoms with Crippen molar-refractivity contribution in [2.75, 3.05) is 0 Å². The summed E-state index contributed by atoms with van der Waals surface area (Å²) in [6.45, 7) is 0. The Bertz CT molecular complexity index is 378. The van der Waals surface area contributed by atoms with Crippen LogP contribution in [0.3, 0.4) is 0 Å². The zero-order valence-electron chi connectivity index (χ0n) is 8.47. The van der Waals surface area contributed by atoms with Crippen molar-refractivity contribution in [2.24, 2.45) is 0 Å². The van der Waals surface area contributed by atoms with Crippen LogP contribution in [0.1, 0.15) is 36.3 Å². The summed E-state index contributed by atoms with van der Waals surface area (Å²) in [5.41, 5.74) is -0.215. The summed E-state index contributed by atoms with van der Waals surface area (Å²) in [7, 11) is 0. The number of halogens is 4. The van der Waals surface area contributed by atoms with Gasteiger partial charge in [-0.05, 0) is 30.4 Å². The first-order chi connectivity index (χ1) is 7.50. The van der Waals surface area contributed by atoms with Crippen molar-refractivity contribution in [3.05, 3.63) is 29.6 Å². The van der Waals surface area contributed by atoms with Gasteiger partial charge in [0.2, 0.25) is 0 Å². The van der Waals surface area contributed by atoms with Gasteiger partial charge < -0.3 is 0 Å². The molecule has 1 saturated carbocycles. The van der Waals surface area contributed by atoms with E-state index in [1.54, 1.807) is 0 Å². The zero-order chi connectivity index (χ0) is 11.8. The molecule has 1 aliphatic carbocycles. The fourth-order valence-corrected chi connectivity index (χ4v) is 3.10. The topological polar surface area (TPSA) is 12.9 Å². The van der Waals surface area contributed by atoms with Gasteiger partial charge >= 0.3 is 6.18 Å². The van der Waals surface area contributed by atoms with Gasteiger partial charge in [0, 0.05) is 17.2 Å². The van der Waals surface area contributed by atoms with Crippen molar-refractivity contribution >= 4 is 15.9 Å². The van der Waals surface area contributed by atoms with Gasteiger partial charge in [0.1, 0.15) is 0 Å². The fourth-order valence-electron chi connectivity index (χ4n) is 2.23. The second-order valence-corrected chi connectivity index (χ2v) is 5.19. The molecule has 0 spiro atoms. The largest absolute Gasteiger partial charge is 0.416 e. The first kappa shape index (κ1) is 11.9. The highest BCUT2D eigenvalue weighted by atomic mass is 79.9. The average molecular weight is 294 g/mol. The van der Waals surface area contributed by atoms with Gasteiger partial charge in [0.25, 0.3) is 0 Å². The normalized spacial score (nSPS) is 26.0. The Balaban J connectivity index is 2.40. The monoisotopic (exact) mass is 293 g/mol. The summed E-state index contributed by atoms with van der Waals surface area (Å²) in [4.78, 5) is 3.95. The number of hydrogen-bond donors (Lipinski definition) is 0. The van der Waals surface area contributed by atoms with Gasteiger partial charge in [-0.2, -0.15) is 13.2 Å². The Morgan fingerprint density at radius 3 is 2.62 bits per heavy atom. The Morgan fingerprint density at radius 1 is 1.31 bits per heavy atom. The lowest BCUT2D eigenvalue weighted by Gasteiger charge is -2.19. The number of hydrogen-bond acceptors (Lipinski definition) is 1. The van der Waals surface area contributed by atoms with Gasteiger partial charge in [-0.25, -0.2) is 0 Å². The summed E-state index contributed by atoms with van der Waals surface area (Å²) < 4.78 is 38.4. The van der Waals surface area contributed by atoms with Crippen LogP contribution in [0.25, 0.3) is 0 Å². The summed E-state index contributed by atoms with van der Waals surface area (Å²) in [5, 5.41) is 0. The Morgan fingerprint density at radius 2 is 2.06 bits per heavy atom. The molecule has 1 fully saturated rings. The van der Waals surface area contributed by atoms with Crippen molar-refractivity contribution in [3.8, 4) is 0 Å². The minimum atomic E-state index is -4.28. The Hall–Kier alpha value is -0.580. The predicted molar refractivity (Wildman–Crippen MR) is 58.5 cm³/mol. The summed E-state index contributed by atoms with van der Waals surface area (Å²) in [5.74, 6) is -0.0645. The molecule has 5 heteroatoms. The van der Waals surface area contributed by atoms with Crippen molar-refractivity contribution < 1.29 is 13.2 Å². The molecule has 0 bridgehead atoms. The first-order valence-corrected chi connectivity index (χ1v) is 6.07. The minimum absolute atomic E-state index is 0.0645. The Kier molecular flexibility index (Phi) is 3.24. The third kappa shape index (κ3) is 2.24. The molecule has 2 atom stereocenters. The molecule has 1 aliphatic rings. The van der Waals surface area contributed by atoms with Crippen molar-refractivity contribution in [1.29, 1.82) is 0 Å². The van der Waals surface area contributed by atoms with Crippen LogP contribution in [0.4, 0.5) is 13.2 Å². The van der Waals surface area contributed by atoms with Crippen LogP contribution in [0.15, 0.2) is 18.5 Å². The molecule has 2 unspecified atom stereocenters. The molecule has 0 N–H and O–H groups in total. The maximum absolute atomic E-state index is 12.8. The van der Waals surface area contributed by atoms with Crippen LogP contribution in [-0.2, 0) is 6.18 Å². The lowest BCUT2D eigenvalue weighted by atomic mass is 9.94. The van der Waals surface area contributed by atoms with Crippen LogP contribution in [0, 0.1) is 0 Å². The van der Waals surface area contributed by atoms with Gasteiger partial charge in [-0.15, -0.1) is 0 Å². The van der Waals surface area contributed by atoms with Crippen molar-refractivity contribution in [1.82, 2.24) is 4.98 Å². The van der Waals surface area contributed by atoms with Crippen LogP contribution < -0.4 is 0 Å². The van der Waals surface area contributed by atoms with Gasteiger partial charge in [-0.3, -0.25) is 4.98 Å². The second-order valence-electron chi connectivity index (χ2n) is 4.01. The fraction of sp³-hybridized carbons (Fsp3) is 0.545. The van der Waals surface area contributed by atoms with Crippen molar-refractivity contribution in [3.63, 3.8) is 0 Å². The average Bonchev–Trinajstić information content (AvgIpc) is 2.63. The van der Waals surface area contributed by atoms with E-state index in [0.717, 1.165) is 25.3 Å². The summed E-state index contributed by atoms with van der Waals surface area (Å²) >= 11 is 3.45. The van der Waals surface area contributed by atoms with E-state index >= 15 is 0 Å². The molecule has 2 rings (SSSR count). The maximum Gasteiger partial charge on any atom is 0.416 e. The summed E-state index contributed by atoms with van der Waals surface area (Å²) in [6.07, 6.45) is 0.958. The number of pyridine rings is 1. The predicted octanol–water partition coefficient (Wildman–Crippen LogP) is 4.13. The molecular formula is C11H11BrF3N. The van der Waals surface area contributed by atoms with E-state index in [1.807, 2.05) is 0 Å². The molecule has 1 heterocycles. The SMILES string of the molecule is FC(F)(F)c1ccncc1C1CCCC1Br. The molecule has 1 aromatic rings. The van der Waals surface area contributed by atoms with Crippen LogP contribution in [0.2, 0.25) is 0 Å². The van der Waals surface area contributed by atoms with Gasteiger partial charge in [0.15, 0.2) is 0 Å². The van der Waals surface area contributed by atoms with Crippen LogP contribution in [0.5, 0.6) is 0 Å². The zero-order valence-corrected chi connectivity index (χ0v) is 10.1. The molecule has 0 amide bonds. The minimum Gasteiger partial charge on any atom is -0.264 e. The molecule has 88 valence electrons. The van der Waals surface area contributed by atoms with E-state index in [4.69, 9.17) is 0 Å². The third-order valence-electron chi connectivity index (χ3n) is 2.99. The van der Waals surface area contributed by atoms with Gasteiger partial charge in [-0.1, -0.05) is 22.4 Å². The molecule has 16 heavy (non-hydrogen) atoms. The second kappa shape index (κ2) is 4.35. The molecule has 1 nitrogen and oxygen atoms in total.